The van der Waals surface area contributed by atoms with Crippen LogP contribution in [0.2, 0.25) is 0 Å². The molecule has 0 fully saturated rings. The van der Waals surface area contributed by atoms with E-state index >= 15 is 0 Å². The van der Waals surface area contributed by atoms with Crippen LogP contribution in [0, 0.1) is 0 Å². The lowest BCUT2D eigenvalue weighted by atomic mass is 10.0. The number of amides is 1. The number of carbonyl (C=O) groups is 2. The van der Waals surface area contributed by atoms with Gasteiger partial charge in [-0.1, -0.05) is 49.4 Å². The van der Waals surface area contributed by atoms with Crippen LogP contribution in [0.15, 0.2) is 94.4 Å². The summed E-state index contributed by atoms with van der Waals surface area (Å²) in [4.78, 5) is 26.2. The van der Waals surface area contributed by atoms with Crippen molar-refractivity contribution in [2.75, 3.05) is 11.5 Å². The molecule has 1 N–H and O–H groups in total. The van der Waals surface area contributed by atoms with Crippen molar-refractivity contribution in [2.45, 2.75) is 31.2 Å². The van der Waals surface area contributed by atoms with Gasteiger partial charge in [-0.3, -0.25) is 9.69 Å². The largest absolute Gasteiger partial charge is 0.502 e. The quantitative estimate of drug-likeness (QED) is 0.479. The molecule has 1 unspecified atom stereocenters. The summed E-state index contributed by atoms with van der Waals surface area (Å²) in [5, 5.41) is 10.9. The third-order valence-electron chi connectivity index (χ3n) is 5.86. The Kier molecular flexibility index (Phi) is 6.75. The fourth-order valence-electron chi connectivity index (χ4n) is 4.06. The highest BCUT2D eigenvalue weighted by molar-refractivity contribution is 7.95. The van der Waals surface area contributed by atoms with Gasteiger partial charge in [0.2, 0.25) is 9.84 Å². The minimum absolute atomic E-state index is 0.0240. The minimum atomic E-state index is -4.21. The van der Waals surface area contributed by atoms with Gasteiger partial charge in [0.1, 0.15) is 10.9 Å². The Morgan fingerprint density at radius 1 is 0.943 bits per heavy atom. The van der Waals surface area contributed by atoms with Gasteiger partial charge in [0.05, 0.1) is 17.1 Å². The molecule has 7 nitrogen and oxygen atoms in total. The van der Waals surface area contributed by atoms with Crippen molar-refractivity contribution in [3.63, 3.8) is 0 Å². The predicted octanol–water partition coefficient (Wildman–Crippen LogP) is 4.76. The molecule has 0 spiro atoms. The molecule has 0 bridgehead atoms. The molecule has 0 aromatic heterocycles. The van der Waals surface area contributed by atoms with Crippen molar-refractivity contribution in [1.82, 2.24) is 0 Å². The standard InChI is InChI=1S/C27H25NO6S/c1-3-18-10-12-19(13-11-18)23-25(35(32,33)22-8-6-5-7-9-22)24(29)26(30)28(23)21-16-14-20(15-17-21)27(31)34-4-2/h5-17,23,29H,3-4H2,1-2H3. The molecule has 8 heteroatoms. The number of esters is 1. The van der Waals surface area contributed by atoms with Crippen molar-refractivity contribution in [1.29, 1.82) is 0 Å². The van der Waals surface area contributed by atoms with Gasteiger partial charge in [0.25, 0.3) is 5.91 Å². The summed E-state index contributed by atoms with van der Waals surface area (Å²) in [5.74, 6) is -2.17. The summed E-state index contributed by atoms with van der Waals surface area (Å²) in [6.45, 7) is 3.93. The zero-order valence-corrected chi connectivity index (χ0v) is 20.2. The normalized spacial score (nSPS) is 16.0. The summed E-state index contributed by atoms with van der Waals surface area (Å²) in [7, 11) is -4.21. The van der Waals surface area contributed by atoms with Gasteiger partial charge < -0.3 is 9.84 Å². The van der Waals surface area contributed by atoms with Gasteiger partial charge in [0.15, 0.2) is 5.76 Å². The number of benzene rings is 3. The topological polar surface area (TPSA) is 101 Å². The van der Waals surface area contributed by atoms with Crippen molar-refractivity contribution in [2.24, 2.45) is 0 Å². The van der Waals surface area contributed by atoms with Gasteiger partial charge in [-0.05, 0) is 60.9 Å². The fourth-order valence-corrected chi connectivity index (χ4v) is 5.71. The SMILES string of the molecule is CCOC(=O)c1ccc(N2C(=O)C(O)=C(S(=O)(=O)c3ccccc3)C2c2ccc(CC)cc2)cc1. The highest BCUT2D eigenvalue weighted by atomic mass is 32.2. The molecule has 0 saturated carbocycles. The molecule has 0 radical (unpaired) electrons. The van der Waals surface area contributed by atoms with Crippen LogP contribution >= 0.6 is 0 Å². The number of rotatable bonds is 7. The Bertz CT molecular complexity index is 1380. The van der Waals surface area contributed by atoms with Crippen molar-refractivity contribution in [3.8, 4) is 0 Å². The first kappa shape index (κ1) is 24.2. The molecule has 3 aromatic rings. The molecular weight excluding hydrogens is 466 g/mol. The van der Waals surface area contributed by atoms with Gasteiger partial charge in [-0.15, -0.1) is 0 Å². The number of aryl methyl sites for hydroxylation is 1. The summed E-state index contributed by atoms with van der Waals surface area (Å²) in [5.41, 5.74) is 2.20. The van der Waals surface area contributed by atoms with Crippen molar-refractivity contribution in [3.05, 3.63) is 106 Å². The van der Waals surface area contributed by atoms with E-state index in [-0.39, 0.29) is 16.4 Å². The molecule has 3 aromatic carbocycles. The Labute approximate surface area is 204 Å². The molecule has 0 saturated heterocycles. The number of aliphatic hydroxyl groups is 1. The zero-order chi connectivity index (χ0) is 25.2. The maximum atomic E-state index is 13.6. The van der Waals surface area contributed by atoms with E-state index in [1.165, 1.54) is 41.3 Å². The molecule has 0 aliphatic carbocycles. The van der Waals surface area contributed by atoms with Crippen LogP contribution in [0.4, 0.5) is 5.69 Å². The molecular formula is C27H25NO6S. The van der Waals surface area contributed by atoms with E-state index in [0.717, 1.165) is 12.0 Å². The highest BCUT2D eigenvalue weighted by Crippen LogP contribution is 2.44. The summed E-state index contributed by atoms with van der Waals surface area (Å²) >= 11 is 0. The fraction of sp³-hybridized carbons (Fsp3) is 0.185. The second-order valence-electron chi connectivity index (χ2n) is 7.97. The number of hydrogen-bond donors (Lipinski definition) is 1. The van der Waals surface area contributed by atoms with Crippen LogP contribution in [0.1, 0.15) is 41.4 Å². The van der Waals surface area contributed by atoms with E-state index in [4.69, 9.17) is 4.74 Å². The van der Waals surface area contributed by atoms with Crippen molar-refractivity contribution < 1.29 is 27.9 Å². The van der Waals surface area contributed by atoms with E-state index in [1.54, 1.807) is 37.3 Å². The van der Waals surface area contributed by atoms with Gasteiger partial charge in [-0.25, -0.2) is 13.2 Å². The predicted molar refractivity (Wildman–Crippen MR) is 132 cm³/mol. The van der Waals surface area contributed by atoms with Gasteiger partial charge in [0, 0.05) is 5.69 Å². The lowest BCUT2D eigenvalue weighted by Gasteiger charge is -2.27. The number of ether oxygens (including phenoxy) is 1. The molecule has 1 aliphatic heterocycles. The first-order valence-corrected chi connectivity index (χ1v) is 12.7. The average molecular weight is 492 g/mol. The first-order valence-electron chi connectivity index (χ1n) is 11.2. The molecule has 1 amide bonds. The lowest BCUT2D eigenvalue weighted by Crippen LogP contribution is -2.31. The third-order valence-corrected chi connectivity index (χ3v) is 7.75. The highest BCUT2D eigenvalue weighted by Gasteiger charge is 2.47. The summed E-state index contributed by atoms with van der Waals surface area (Å²) < 4.78 is 32.3. The molecule has 35 heavy (non-hydrogen) atoms. The number of sulfone groups is 1. The van der Waals surface area contributed by atoms with E-state index in [1.807, 2.05) is 19.1 Å². The minimum Gasteiger partial charge on any atom is -0.502 e. The zero-order valence-electron chi connectivity index (χ0n) is 19.3. The van der Waals surface area contributed by atoms with E-state index in [2.05, 4.69) is 0 Å². The maximum Gasteiger partial charge on any atom is 0.338 e. The Morgan fingerprint density at radius 2 is 1.57 bits per heavy atom. The Morgan fingerprint density at radius 3 is 2.14 bits per heavy atom. The van der Waals surface area contributed by atoms with E-state index in [0.29, 0.717) is 16.8 Å². The lowest BCUT2D eigenvalue weighted by molar-refractivity contribution is -0.117. The number of carbonyl (C=O) groups excluding carboxylic acids is 2. The molecule has 1 heterocycles. The summed E-state index contributed by atoms with van der Waals surface area (Å²) in [6, 6.07) is 19.9. The molecule has 1 aliphatic rings. The van der Waals surface area contributed by atoms with E-state index < -0.39 is 33.5 Å². The maximum absolute atomic E-state index is 13.6. The van der Waals surface area contributed by atoms with Crippen LogP contribution in [0.25, 0.3) is 0 Å². The smallest absolute Gasteiger partial charge is 0.338 e. The average Bonchev–Trinajstić information content (AvgIpc) is 3.15. The van der Waals surface area contributed by atoms with Gasteiger partial charge in [-0.2, -0.15) is 0 Å². The molecule has 180 valence electrons. The molecule has 1 atom stereocenters. The first-order chi connectivity index (χ1) is 16.8. The van der Waals surface area contributed by atoms with E-state index in [9.17, 15) is 23.1 Å². The number of aliphatic hydroxyl groups excluding tert-OH is 1. The van der Waals surface area contributed by atoms with Crippen molar-refractivity contribution >= 4 is 27.4 Å². The monoisotopic (exact) mass is 491 g/mol. The Hall–Kier alpha value is -3.91. The van der Waals surface area contributed by atoms with Crippen LogP contribution in [0.3, 0.4) is 0 Å². The van der Waals surface area contributed by atoms with Crippen LogP contribution in [-0.4, -0.2) is 32.0 Å². The van der Waals surface area contributed by atoms with Crippen LogP contribution in [-0.2, 0) is 25.8 Å². The third kappa shape index (κ3) is 4.44. The summed E-state index contributed by atoms with van der Waals surface area (Å²) in [6.07, 6.45) is 0.791. The Balaban J connectivity index is 1.85. The van der Waals surface area contributed by atoms with Crippen LogP contribution < -0.4 is 4.90 Å². The number of hydrogen-bond acceptors (Lipinski definition) is 6. The van der Waals surface area contributed by atoms with Crippen LogP contribution in [0.5, 0.6) is 0 Å². The second-order valence-corrected chi connectivity index (χ2v) is 9.89. The van der Waals surface area contributed by atoms with Gasteiger partial charge >= 0.3 is 5.97 Å². The second kappa shape index (κ2) is 9.76. The number of nitrogens with zero attached hydrogens (tertiary/aromatic N) is 1. The number of anilines is 1. The molecule has 4 rings (SSSR count).